The lowest BCUT2D eigenvalue weighted by atomic mass is 10.2. The predicted molar refractivity (Wildman–Crippen MR) is 74.8 cm³/mol. The van der Waals surface area contributed by atoms with Gasteiger partial charge in [-0.3, -0.25) is 0 Å². The van der Waals surface area contributed by atoms with E-state index in [0.717, 1.165) is 17.8 Å². The standard InChI is InChI=1S/C12H17ClN2O2S/c13-11-8-10(9-14)2-3-12(11)15-4-1-6-18(16,17)7-5-15/h2-3,8H,1,4-7,9,14H2. The van der Waals surface area contributed by atoms with Crippen molar-refractivity contribution in [2.45, 2.75) is 13.0 Å². The number of hydrogen-bond donors (Lipinski definition) is 1. The zero-order chi connectivity index (χ0) is 13.2. The molecule has 0 bridgehead atoms. The number of rotatable bonds is 2. The highest BCUT2D eigenvalue weighted by Crippen LogP contribution is 2.28. The van der Waals surface area contributed by atoms with E-state index in [4.69, 9.17) is 17.3 Å². The Morgan fingerprint density at radius 2 is 2.06 bits per heavy atom. The predicted octanol–water partition coefficient (Wildman–Crippen LogP) is 1.42. The Morgan fingerprint density at radius 1 is 1.28 bits per heavy atom. The highest BCUT2D eigenvalue weighted by Gasteiger charge is 2.20. The fourth-order valence-electron chi connectivity index (χ4n) is 2.11. The molecule has 0 saturated carbocycles. The van der Waals surface area contributed by atoms with Gasteiger partial charge in [0, 0.05) is 19.6 Å². The van der Waals surface area contributed by atoms with Crippen LogP contribution in [0.1, 0.15) is 12.0 Å². The molecule has 0 radical (unpaired) electrons. The van der Waals surface area contributed by atoms with E-state index in [2.05, 4.69) is 0 Å². The van der Waals surface area contributed by atoms with Crippen molar-refractivity contribution in [3.63, 3.8) is 0 Å². The molecule has 2 rings (SSSR count). The summed E-state index contributed by atoms with van der Waals surface area (Å²) in [4.78, 5) is 2.03. The van der Waals surface area contributed by atoms with Gasteiger partial charge in [0.1, 0.15) is 0 Å². The maximum atomic E-state index is 11.6. The molecule has 1 aliphatic heterocycles. The summed E-state index contributed by atoms with van der Waals surface area (Å²) in [6, 6.07) is 5.69. The van der Waals surface area contributed by atoms with Crippen molar-refractivity contribution >= 4 is 27.1 Å². The zero-order valence-electron chi connectivity index (χ0n) is 10.1. The summed E-state index contributed by atoms with van der Waals surface area (Å²) in [5.41, 5.74) is 7.43. The van der Waals surface area contributed by atoms with Gasteiger partial charge in [0.15, 0.2) is 9.84 Å². The Morgan fingerprint density at radius 3 is 2.72 bits per heavy atom. The van der Waals surface area contributed by atoms with E-state index in [0.29, 0.717) is 24.5 Å². The molecule has 1 aromatic carbocycles. The summed E-state index contributed by atoms with van der Waals surface area (Å²) in [6.07, 6.45) is 0.650. The SMILES string of the molecule is NCc1ccc(N2CCCS(=O)(=O)CC2)c(Cl)c1. The summed E-state index contributed by atoms with van der Waals surface area (Å²) in [7, 11) is -2.89. The number of nitrogens with two attached hydrogens (primary N) is 1. The van der Waals surface area contributed by atoms with Crippen molar-refractivity contribution in [3.05, 3.63) is 28.8 Å². The van der Waals surface area contributed by atoms with Crippen LogP contribution < -0.4 is 10.6 Å². The normalized spacial score (nSPS) is 19.6. The van der Waals surface area contributed by atoms with Gasteiger partial charge in [0.25, 0.3) is 0 Å². The largest absolute Gasteiger partial charge is 0.369 e. The number of halogens is 1. The van der Waals surface area contributed by atoms with E-state index in [-0.39, 0.29) is 11.5 Å². The smallest absolute Gasteiger partial charge is 0.152 e. The first kappa shape index (κ1) is 13.6. The number of benzene rings is 1. The third-order valence-corrected chi connectivity index (χ3v) is 5.16. The first-order valence-corrected chi connectivity index (χ1v) is 8.15. The summed E-state index contributed by atoms with van der Waals surface area (Å²) in [5.74, 6) is 0.462. The minimum Gasteiger partial charge on any atom is -0.369 e. The number of nitrogens with zero attached hydrogens (tertiary/aromatic N) is 1. The summed E-state index contributed by atoms with van der Waals surface area (Å²) < 4.78 is 23.1. The van der Waals surface area contributed by atoms with Gasteiger partial charge in [-0.2, -0.15) is 0 Å². The first-order chi connectivity index (χ1) is 8.52. The Hall–Kier alpha value is -0.780. The minimum atomic E-state index is -2.89. The Balaban J connectivity index is 2.21. The fourth-order valence-corrected chi connectivity index (χ4v) is 3.71. The second kappa shape index (κ2) is 5.47. The van der Waals surface area contributed by atoms with Gasteiger partial charge in [-0.1, -0.05) is 17.7 Å². The van der Waals surface area contributed by atoms with E-state index in [1.54, 1.807) is 0 Å². The second-order valence-electron chi connectivity index (χ2n) is 4.48. The third kappa shape index (κ3) is 3.16. The molecule has 0 amide bonds. The number of sulfone groups is 1. The average molecular weight is 289 g/mol. The maximum absolute atomic E-state index is 11.6. The molecule has 2 N–H and O–H groups in total. The number of hydrogen-bond acceptors (Lipinski definition) is 4. The molecule has 0 spiro atoms. The van der Waals surface area contributed by atoms with Crippen molar-refractivity contribution in [2.24, 2.45) is 5.73 Å². The van der Waals surface area contributed by atoms with Gasteiger partial charge in [0.2, 0.25) is 0 Å². The van der Waals surface area contributed by atoms with E-state index < -0.39 is 9.84 Å². The molecule has 0 aliphatic carbocycles. The van der Waals surface area contributed by atoms with Crippen molar-refractivity contribution in [1.82, 2.24) is 0 Å². The van der Waals surface area contributed by atoms with Gasteiger partial charge in [-0.15, -0.1) is 0 Å². The average Bonchev–Trinajstić information content (AvgIpc) is 2.50. The van der Waals surface area contributed by atoms with Gasteiger partial charge in [0.05, 0.1) is 22.2 Å². The lowest BCUT2D eigenvalue weighted by molar-refractivity contribution is 0.597. The first-order valence-electron chi connectivity index (χ1n) is 5.96. The number of anilines is 1. The third-order valence-electron chi connectivity index (χ3n) is 3.14. The summed E-state index contributed by atoms with van der Waals surface area (Å²) in [5, 5.41) is 0.636. The van der Waals surface area contributed by atoms with E-state index >= 15 is 0 Å². The molecule has 0 unspecified atom stereocenters. The molecule has 1 fully saturated rings. The van der Waals surface area contributed by atoms with Gasteiger partial charge >= 0.3 is 0 Å². The van der Waals surface area contributed by atoms with E-state index in [1.165, 1.54) is 0 Å². The fraction of sp³-hybridized carbons (Fsp3) is 0.500. The Bertz CT molecular complexity index is 531. The summed E-state index contributed by atoms with van der Waals surface area (Å²) >= 11 is 6.22. The van der Waals surface area contributed by atoms with Crippen molar-refractivity contribution < 1.29 is 8.42 Å². The van der Waals surface area contributed by atoms with Crippen LogP contribution in [-0.4, -0.2) is 33.0 Å². The van der Waals surface area contributed by atoms with Crippen LogP contribution in [0.15, 0.2) is 18.2 Å². The van der Waals surface area contributed by atoms with Crippen molar-refractivity contribution in [1.29, 1.82) is 0 Å². The van der Waals surface area contributed by atoms with Crippen LogP contribution in [0.2, 0.25) is 5.02 Å². The minimum absolute atomic E-state index is 0.196. The monoisotopic (exact) mass is 288 g/mol. The molecule has 100 valence electrons. The second-order valence-corrected chi connectivity index (χ2v) is 7.19. The van der Waals surface area contributed by atoms with Crippen LogP contribution >= 0.6 is 11.6 Å². The van der Waals surface area contributed by atoms with E-state index in [9.17, 15) is 8.42 Å². The van der Waals surface area contributed by atoms with Gasteiger partial charge in [-0.05, 0) is 24.1 Å². The molecule has 0 atom stereocenters. The molecule has 6 heteroatoms. The highest BCUT2D eigenvalue weighted by atomic mass is 35.5. The molecule has 4 nitrogen and oxygen atoms in total. The van der Waals surface area contributed by atoms with Crippen LogP contribution in [0, 0.1) is 0 Å². The van der Waals surface area contributed by atoms with Crippen molar-refractivity contribution in [2.75, 3.05) is 29.5 Å². The maximum Gasteiger partial charge on any atom is 0.152 e. The molecule has 18 heavy (non-hydrogen) atoms. The molecule has 1 aromatic rings. The van der Waals surface area contributed by atoms with Crippen LogP contribution in [-0.2, 0) is 16.4 Å². The summed E-state index contributed by atoms with van der Waals surface area (Å²) in [6.45, 7) is 1.68. The zero-order valence-corrected chi connectivity index (χ0v) is 11.7. The van der Waals surface area contributed by atoms with Crippen LogP contribution in [0.4, 0.5) is 5.69 Å². The lowest BCUT2D eigenvalue weighted by Crippen LogP contribution is -2.27. The molecule has 1 saturated heterocycles. The highest BCUT2D eigenvalue weighted by molar-refractivity contribution is 7.91. The topological polar surface area (TPSA) is 63.4 Å². The molecule has 1 heterocycles. The quantitative estimate of drug-likeness (QED) is 0.894. The molecular weight excluding hydrogens is 272 g/mol. The van der Waals surface area contributed by atoms with Crippen LogP contribution in [0.25, 0.3) is 0 Å². The van der Waals surface area contributed by atoms with E-state index in [1.807, 2.05) is 23.1 Å². The molecule has 0 aromatic heterocycles. The van der Waals surface area contributed by atoms with Crippen LogP contribution in [0.5, 0.6) is 0 Å². The Labute approximate surface area is 113 Å². The van der Waals surface area contributed by atoms with Gasteiger partial charge in [-0.25, -0.2) is 8.42 Å². The van der Waals surface area contributed by atoms with Crippen LogP contribution in [0.3, 0.4) is 0 Å². The molecule has 1 aliphatic rings. The van der Waals surface area contributed by atoms with Gasteiger partial charge < -0.3 is 10.6 Å². The Kier molecular flexibility index (Phi) is 4.14. The lowest BCUT2D eigenvalue weighted by Gasteiger charge is -2.23. The molecular formula is C12H17ClN2O2S. The van der Waals surface area contributed by atoms with Crippen molar-refractivity contribution in [3.8, 4) is 0 Å².